The summed E-state index contributed by atoms with van der Waals surface area (Å²) in [6, 6.07) is 9.71. The molecule has 0 saturated carbocycles. The van der Waals surface area contributed by atoms with Gasteiger partial charge in [-0.2, -0.15) is 4.31 Å². The van der Waals surface area contributed by atoms with E-state index >= 15 is 0 Å². The van der Waals surface area contributed by atoms with E-state index in [9.17, 15) is 22.7 Å². The van der Waals surface area contributed by atoms with E-state index in [4.69, 9.17) is 4.74 Å². The lowest BCUT2D eigenvalue weighted by Crippen LogP contribution is -2.51. The van der Waals surface area contributed by atoms with E-state index in [1.165, 1.54) is 27.4 Å². The maximum atomic E-state index is 14.5. The van der Waals surface area contributed by atoms with Crippen LogP contribution in [0.4, 0.5) is 9.18 Å². The Morgan fingerprint density at radius 2 is 1.94 bits per heavy atom. The summed E-state index contributed by atoms with van der Waals surface area (Å²) in [6.07, 6.45) is -0.559. The molecule has 8 nitrogen and oxygen atoms in total. The highest BCUT2D eigenvalue weighted by molar-refractivity contribution is 7.89. The van der Waals surface area contributed by atoms with Gasteiger partial charge in [-0.05, 0) is 44.5 Å². The van der Waals surface area contributed by atoms with E-state index in [1.54, 1.807) is 38.2 Å². The van der Waals surface area contributed by atoms with E-state index in [1.807, 2.05) is 20.8 Å². The van der Waals surface area contributed by atoms with Crippen LogP contribution in [-0.2, 0) is 10.0 Å². The fraction of sp³-hybridized carbons (Fsp3) is 0.480. The van der Waals surface area contributed by atoms with Crippen molar-refractivity contribution in [3.63, 3.8) is 0 Å². The van der Waals surface area contributed by atoms with Crippen LogP contribution in [-0.4, -0.2) is 73.7 Å². The van der Waals surface area contributed by atoms with Crippen LogP contribution in [0.1, 0.15) is 27.7 Å². The maximum Gasteiger partial charge on any atom is 0.317 e. The molecule has 2 amide bonds. The minimum atomic E-state index is -4.02. The molecule has 3 rings (SSSR count). The number of ether oxygens (including phenoxy) is 1. The van der Waals surface area contributed by atoms with Crippen LogP contribution in [0.2, 0.25) is 0 Å². The average molecular weight is 508 g/mol. The van der Waals surface area contributed by atoms with Gasteiger partial charge in [-0.15, -0.1) is 0 Å². The van der Waals surface area contributed by atoms with Crippen LogP contribution in [0.5, 0.6) is 5.75 Å². The highest BCUT2D eigenvalue weighted by atomic mass is 32.2. The monoisotopic (exact) mass is 507 g/mol. The standard InChI is InChI=1S/C25H34FN3O5S/c1-16(2)27-25(31)28(5)14-23-17(3)13-29(18(4)15-30)35(32,33)24-11-10-19(12-22(24)34-23)20-8-6-7-9-21(20)26/h6-12,16-18,23,30H,13-15H2,1-5H3,(H,27,31)/t17-,18+,23-/m1/s1. The van der Waals surface area contributed by atoms with E-state index in [0.29, 0.717) is 11.1 Å². The van der Waals surface area contributed by atoms with Crippen LogP contribution in [0.15, 0.2) is 47.4 Å². The molecule has 192 valence electrons. The maximum absolute atomic E-state index is 14.5. The molecule has 0 fully saturated rings. The Labute approximate surface area is 206 Å². The number of hydrogen-bond acceptors (Lipinski definition) is 5. The van der Waals surface area contributed by atoms with E-state index in [0.717, 1.165) is 0 Å². The number of benzene rings is 2. The molecule has 2 N–H and O–H groups in total. The summed E-state index contributed by atoms with van der Waals surface area (Å²) in [5, 5.41) is 12.6. The predicted octanol–water partition coefficient (Wildman–Crippen LogP) is 3.31. The first-order chi connectivity index (χ1) is 16.4. The molecule has 2 aromatic carbocycles. The number of urea groups is 1. The fourth-order valence-corrected chi connectivity index (χ4v) is 5.84. The van der Waals surface area contributed by atoms with Gasteiger partial charge in [0.2, 0.25) is 10.0 Å². The number of nitrogens with zero attached hydrogens (tertiary/aromatic N) is 2. The van der Waals surface area contributed by atoms with Crippen molar-refractivity contribution in [3.8, 4) is 16.9 Å². The molecule has 2 aromatic rings. The Morgan fingerprint density at radius 1 is 1.26 bits per heavy atom. The molecule has 3 atom stereocenters. The molecule has 1 aliphatic rings. The van der Waals surface area contributed by atoms with Gasteiger partial charge in [0.25, 0.3) is 0 Å². The Hall–Kier alpha value is -2.69. The van der Waals surface area contributed by atoms with Crippen molar-refractivity contribution < 1.29 is 27.4 Å². The molecule has 0 bridgehead atoms. The van der Waals surface area contributed by atoms with Gasteiger partial charge in [-0.25, -0.2) is 17.6 Å². The molecule has 10 heteroatoms. The number of nitrogens with one attached hydrogen (secondary N) is 1. The summed E-state index contributed by atoms with van der Waals surface area (Å²) in [7, 11) is -2.37. The van der Waals surface area contributed by atoms with Crippen LogP contribution < -0.4 is 10.1 Å². The van der Waals surface area contributed by atoms with E-state index in [-0.39, 0.29) is 48.3 Å². The molecular weight excluding hydrogens is 473 g/mol. The van der Waals surface area contributed by atoms with Crippen molar-refractivity contribution >= 4 is 16.1 Å². The lowest BCUT2D eigenvalue weighted by atomic mass is 10.0. The zero-order valence-corrected chi connectivity index (χ0v) is 21.5. The third-order valence-electron chi connectivity index (χ3n) is 6.06. The second-order valence-corrected chi connectivity index (χ2v) is 11.2. The zero-order valence-electron chi connectivity index (χ0n) is 20.7. The first kappa shape index (κ1) is 26.9. The number of rotatable bonds is 6. The molecule has 1 aliphatic heterocycles. The number of hydrogen-bond donors (Lipinski definition) is 2. The fourth-order valence-electron chi connectivity index (χ4n) is 4.02. The highest BCUT2D eigenvalue weighted by Crippen LogP contribution is 2.37. The number of sulfonamides is 1. The van der Waals surface area contributed by atoms with Crippen molar-refractivity contribution in [1.29, 1.82) is 0 Å². The van der Waals surface area contributed by atoms with Gasteiger partial charge < -0.3 is 20.1 Å². The summed E-state index contributed by atoms with van der Waals surface area (Å²) in [5.41, 5.74) is 0.786. The topological polar surface area (TPSA) is 99.2 Å². The summed E-state index contributed by atoms with van der Waals surface area (Å²) in [4.78, 5) is 13.9. The number of aliphatic hydroxyl groups is 1. The third-order valence-corrected chi connectivity index (χ3v) is 8.08. The number of likely N-dealkylation sites (N-methyl/N-ethyl adjacent to an activating group) is 1. The van der Waals surface area contributed by atoms with Crippen LogP contribution >= 0.6 is 0 Å². The summed E-state index contributed by atoms with van der Waals surface area (Å²) in [6.45, 7) is 7.15. The minimum absolute atomic E-state index is 0.0456. The molecule has 0 unspecified atom stereocenters. The lowest BCUT2D eigenvalue weighted by molar-refractivity contribution is 0.0810. The number of aliphatic hydroxyl groups excluding tert-OH is 1. The minimum Gasteiger partial charge on any atom is -0.487 e. The van der Waals surface area contributed by atoms with Crippen molar-refractivity contribution in [3.05, 3.63) is 48.3 Å². The van der Waals surface area contributed by atoms with E-state index in [2.05, 4.69) is 5.32 Å². The molecule has 0 saturated heterocycles. The van der Waals surface area contributed by atoms with Crippen LogP contribution in [0.25, 0.3) is 11.1 Å². The summed E-state index contributed by atoms with van der Waals surface area (Å²) < 4.78 is 49.2. The van der Waals surface area contributed by atoms with Crippen LogP contribution in [0.3, 0.4) is 0 Å². The van der Waals surface area contributed by atoms with Gasteiger partial charge in [0.1, 0.15) is 22.6 Å². The van der Waals surface area contributed by atoms with E-state index < -0.39 is 28.0 Å². The molecule has 0 aliphatic carbocycles. The highest BCUT2D eigenvalue weighted by Gasteiger charge is 2.38. The van der Waals surface area contributed by atoms with Gasteiger partial charge in [0.15, 0.2) is 0 Å². The second-order valence-electron chi connectivity index (χ2n) is 9.37. The Balaban J connectivity index is 2.09. The van der Waals surface area contributed by atoms with Gasteiger partial charge in [0.05, 0.1) is 13.2 Å². The summed E-state index contributed by atoms with van der Waals surface area (Å²) >= 11 is 0. The predicted molar refractivity (Wildman–Crippen MR) is 132 cm³/mol. The number of fused-ring (bicyclic) bond motifs is 1. The average Bonchev–Trinajstić information content (AvgIpc) is 2.80. The largest absolute Gasteiger partial charge is 0.487 e. The van der Waals surface area contributed by atoms with Gasteiger partial charge in [-0.1, -0.05) is 31.2 Å². The van der Waals surface area contributed by atoms with Gasteiger partial charge >= 0.3 is 6.03 Å². The first-order valence-electron chi connectivity index (χ1n) is 11.7. The normalized spacial score (nSPS) is 20.8. The Morgan fingerprint density at radius 3 is 2.57 bits per heavy atom. The van der Waals surface area contributed by atoms with Crippen molar-refractivity contribution in [1.82, 2.24) is 14.5 Å². The second kappa shape index (κ2) is 10.9. The molecule has 35 heavy (non-hydrogen) atoms. The first-order valence-corrected chi connectivity index (χ1v) is 13.1. The van der Waals surface area contributed by atoms with Gasteiger partial charge in [-0.3, -0.25) is 0 Å². The SMILES string of the molecule is CC(C)NC(=O)N(C)C[C@H]1Oc2cc(-c3ccccc3F)ccc2S(=O)(=O)N([C@@H](C)CO)C[C@H]1C. The molecule has 0 radical (unpaired) electrons. The molecule has 1 heterocycles. The van der Waals surface area contributed by atoms with Crippen LogP contribution in [0, 0.1) is 11.7 Å². The zero-order chi connectivity index (χ0) is 25.9. The summed E-state index contributed by atoms with van der Waals surface area (Å²) in [5.74, 6) is -0.680. The Bertz CT molecular complexity index is 1160. The molecule has 0 spiro atoms. The number of amides is 2. The lowest BCUT2D eigenvalue weighted by Gasteiger charge is -2.37. The molecule has 0 aromatic heterocycles. The number of carbonyl (C=O) groups excluding carboxylic acids is 1. The smallest absolute Gasteiger partial charge is 0.317 e. The number of carbonyl (C=O) groups is 1. The van der Waals surface area contributed by atoms with Crippen molar-refractivity contribution in [2.75, 3.05) is 26.7 Å². The van der Waals surface area contributed by atoms with Gasteiger partial charge in [0, 0.05) is 37.2 Å². The third kappa shape index (κ3) is 5.94. The molecular formula is C25H34FN3O5S. The van der Waals surface area contributed by atoms with Crippen molar-refractivity contribution in [2.24, 2.45) is 5.92 Å². The number of halogens is 1. The van der Waals surface area contributed by atoms with Crippen molar-refractivity contribution in [2.45, 2.75) is 50.8 Å². The Kier molecular flexibility index (Phi) is 8.40. The quantitative estimate of drug-likeness (QED) is 0.625.